The van der Waals surface area contributed by atoms with Crippen LogP contribution in [0.5, 0.6) is 0 Å². The maximum Gasteiger partial charge on any atom is 0.125 e. The summed E-state index contributed by atoms with van der Waals surface area (Å²) >= 11 is 3.52. The monoisotopic (exact) mass is 318 g/mol. The maximum atomic E-state index is 13.5. The Balaban J connectivity index is 2.16. The standard InChI is InChI=1S/C15H12BrFN2/c1-10-13(16)3-2-4-14(10)19-9-18-8-11-5-6-12(17)7-15(11)19/h2-7,9H,8H2,1H3. The third-order valence-corrected chi connectivity index (χ3v) is 4.12. The van der Waals surface area contributed by atoms with Gasteiger partial charge >= 0.3 is 0 Å². The van der Waals surface area contributed by atoms with E-state index in [4.69, 9.17) is 0 Å². The first kappa shape index (κ1) is 12.4. The predicted octanol–water partition coefficient (Wildman–Crippen LogP) is 4.58. The molecule has 0 spiro atoms. The normalized spacial score (nSPS) is 13.5. The molecule has 0 saturated carbocycles. The molecule has 2 aromatic rings. The second-order valence-corrected chi connectivity index (χ2v) is 5.34. The van der Waals surface area contributed by atoms with Crippen LogP contribution < -0.4 is 4.90 Å². The molecule has 1 aliphatic heterocycles. The van der Waals surface area contributed by atoms with Gasteiger partial charge in [0.25, 0.3) is 0 Å². The second kappa shape index (κ2) is 4.78. The van der Waals surface area contributed by atoms with E-state index < -0.39 is 0 Å². The van der Waals surface area contributed by atoms with E-state index in [1.54, 1.807) is 18.5 Å². The Labute approximate surface area is 119 Å². The number of halogens is 2. The zero-order chi connectivity index (χ0) is 13.4. The van der Waals surface area contributed by atoms with Gasteiger partial charge in [-0.2, -0.15) is 0 Å². The summed E-state index contributed by atoms with van der Waals surface area (Å²) < 4.78 is 14.5. The molecule has 3 rings (SSSR count). The van der Waals surface area contributed by atoms with Crippen molar-refractivity contribution >= 4 is 33.6 Å². The number of benzene rings is 2. The molecule has 2 aromatic carbocycles. The molecule has 0 bridgehead atoms. The van der Waals surface area contributed by atoms with Crippen LogP contribution in [0.2, 0.25) is 0 Å². The quantitative estimate of drug-likeness (QED) is 0.751. The minimum atomic E-state index is -0.230. The summed E-state index contributed by atoms with van der Waals surface area (Å²) in [7, 11) is 0. The van der Waals surface area contributed by atoms with Crippen LogP contribution in [0.25, 0.3) is 0 Å². The fourth-order valence-electron chi connectivity index (χ4n) is 2.23. The molecule has 0 amide bonds. The molecule has 0 fully saturated rings. The van der Waals surface area contributed by atoms with Crippen molar-refractivity contribution < 1.29 is 4.39 Å². The van der Waals surface area contributed by atoms with Gasteiger partial charge in [0.15, 0.2) is 0 Å². The average Bonchev–Trinajstić information content (AvgIpc) is 2.41. The predicted molar refractivity (Wildman–Crippen MR) is 79.6 cm³/mol. The third kappa shape index (κ3) is 2.16. The zero-order valence-electron chi connectivity index (χ0n) is 10.4. The highest BCUT2D eigenvalue weighted by atomic mass is 79.9. The molecule has 96 valence electrons. The maximum absolute atomic E-state index is 13.5. The Bertz CT molecular complexity index is 667. The number of aliphatic imine (C=N–C) groups is 1. The molecule has 1 aliphatic rings. The first-order valence-corrected chi connectivity index (χ1v) is 6.79. The van der Waals surface area contributed by atoms with Crippen LogP contribution in [0.3, 0.4) is 0 Å². The van der Waals surface area contributed by atoms with Crippen LogP contribution in [-0.2, 0) is 6.54 Å². The smallest absolute Gasteiger partial charge is 0.125 e. The Hall–Kier alpha value is -1.68. The SMILES string of the molecule is Cc1c(Br)cccc1N1C=NCc2ccc(F)cc21. The molecule has 2 nitrogen and oxygen atoms in total. The lowest BCUT2D eigenvalue weighted by atomic mass is 10.1. The summed E-state index contributed by atoms with van der Waals surface area (Å²) in [6.45, 7) is 2.62. The molecule has 0 N–H and O–H groups in total. The van der Waals surface area contributed by atoms with E-state index in [0.29, 0.717) is 6.54 Å². The van der Waals surface area contributed by atoms with Crippen molar-refractivity contribution in [2.24, 2.45) is 4.99 Å². The van der Waals surface area contributed by atoms with Crippen LogP contribution in [0.15, 0.2) is 45.9 Å². The Kier molecular flexibility index (Phi) is 3.11. The number of hydrogen-bond acceptors (Lipinski definition) is 2. The number of fused-ring (bicyclic) bond motifs is 1. The summed E-state index contributed by atoms with van der Waals surface area (Å²) in [6.07, 6.45) is 1.76. The van der Waals surface area contributed by atoms with Gasteiger partial charge in [-0.1, -0.05) is 28.1 Å². The number of anilines is 2. The molecule has 0 radical (unpaired) electrons. The molecule has 4 heteroatoms. The van der Waals surface area contributed by atoms with Crippen molar-refractivity contribution in [1.82, 2.24) is 0 Å². The van der Waals surface area contributed by atoms with E-state index in [-0.39, 0.29) is 5.82 Å². The molecule has 0 saturated heterocycles. The topological polar surface area (TPSA) is 15.6 Å². The van der Waals surface area contributed by atoms with Gasteiger partial charge in [-0.3, -0.25) is 4.99 Å². The van der Waals surface area contributed by atoms with Crippen LogP contribution >= 0.6 is 15.9 Å². The fraction of sp³-hybridized carbons (Fsp3) is 0.133. The van der Waals surface area contributed by atoms with E-state index in [9.17, 15) is 4.39 Å². The summed E-state index contributed by atoms with van der Waals surface area (Å²) in [4.78, 5) is 6.27. The van der Waals surface area contributed by atoms with Crippen molar-refractivity contribution in [3.05, 3.63) is 57.8 Å². The van der Waals surface area contributed by atoms with E-state index >= 15 is 0 Å². The summed E-state index contributed by atoms with van der Waals surface area (Å²) in [5, 5.41) is 0. The summed E-state index contributed by atoms with van der Waals surface area (Å²) in [5.41, 5.74) is 4.00. The lowest BCUT2D eigenvalue weighted by Crippen LogP contribution is -2.20. The van der Waals surface area contributed by atoms with Crippen molar-refractivity contribution in [3.63, 3.8) is 0 Å². The average molecular weight is 319 g/mol. The lowest BCUT2D eigenvalue weighted by Gasteiger charge is -2.27. The Morgan fingerprint density at radius 1 is 1.21 bits per heavy atom. The van der Waals surface area contributed by atoms with E-state index in [2.05, 4.69) is 20.9 Å². The van der Waals surface area contributed by atoms with E-state index in [0.717, 1.165) is 27.0 Å². The highest BCUT2D eigenvalue weighted by Gasteiger charge is 2.18. The van der Waals surface area contributed by atoms with Gasteiger partial charge in [0.1, 0.15) is 5.82 Å². The Morgan fingerprint density at radius 3 is 2.89 bits per heavy atom. The largest absolute Gasteiger partial charge is 0.301 e. The molecule has 0 unspecified atom stereocenters. The highest BCUT2D eigenvalue weighted by Crippen LogP contribution is 2.35. The van der Waals surface area contributed by atoms with Crippen LogP contribution in [-0.4, -0.2) is 6.34 Å². The fourth-order valence-corrected chi connectivity index (χ4v) is 2.58. The first-order valence-electron chi connectivity index (χ1n) is 5.99. The molecular weight excluding hydrogens is 307 g/mol. The van der Waals surface area contributed by atoms with Crippen molar-refractivity contribution in [1.29, 1.82) is 0 Å². The van der Waals surface area contributed by atoms with Crippen LogP contribution in [0.4, 0.5) is 15.8 Å². The summed E-state index contributed by atoms with van der Waals surface area (Å²) in [5.74, 6) is -0.230. The third-order valence-electron chi connectivity index (χ3n) is 3.26. The minimum absolute atomic E-state index is 0.230. The molecule has 0 aliphatic carbocycles. The molecular formula is C15H12BrFN2. The van der Waals surface area contributed by atoms with Gasteiger partial charge in [-0.25, -0.2) is 4.39 Å². The van der Waals surface area contributed by atoms with E-state index in [1.165, 1.54) is 6.07 Å². The second-order valence-electron chi connectivity index (χ2n) is 4.48. The number of nitrogens with zero attached hydrogens (tertiary/aromatic N) is 2. The van der Waals surface area contributed by atoms with Crippen molar-refractivity contribution in [3.8, 4) is 0 Å². The van der Waals surface area contributed by atoms with Crippen molar-refractivity contribution in [2.75, 3.05) is 4.90 Å². The van der Waals surface area contributed by atoms with Gasteiger partial charge in [0, 0.05) is 4.47 Å². The minimum Gasteiger partial charge on any atom is -0.301 e. The van der Waals surface area contributed by atoms with Gasteiger partial charge in [0.05, 0.1) is 24.3 Å². The Morgan fingerprint density at radius 2 is 2.05 bits per heavy atom. The van der Waals surface area contributed by atoms with E-state index in [1.807, 2.05) is 30.0 Å². The summed E-state index contributed by atoms with van der Waals surface area (Å²) in [6, 6.07) is 10.8. The highest BCUT2D eigenvalue weighted by molar-refractivity contribution is 9.10. The van der Waals surface area contributed by atoms with Gasteiger partial charge in [-0.05, 0) is 42.3 Å². The first-order chi connectivity index (χ1) is 9.16. The lowest BCUT2D eigenvalue weighted by molar-refractivity contribution is 0.627. The zero-order valence-corrected chi connectivity index (χ0v) is 12.0. The van der Waals surface area contributed by atoms with Gasteiger partial charge in [0.2, 0.25) is 0 Å². The number of rotatable bonds is 1. The van der Waals surface area contributed by atoms with Gasteiger partial charge in [-0.15, -0.1) is 0 Å². The molecule has 0 atom stereocenters. The number of hydrogen-bond donors (Lipinski definition) is 0. The van der Waals surface area contributed by atoms with Crippen LogP contribution in [0, 0.1) is 12.7 Å². The van der Waals surface area contributed by atoms with Crippen molar-refractivity contribution in [2.45, 2.75) is 13.5 Å². The van der Waals surface area contributed by atoms with Crippen LogP contribution in [0.1, 0.15) is 11.1 Å². The van der Waals surface area contributed by atoms with Gasteiger partial charge < -0.3 is 4.90 Å². The molecule has 19 heavy (non-hydrogen) atoms. The molecule has 1 heterocycles. The molecule has 0 aromatic heterocycles.